The van der Waals surface area contributed by atoms with E-state index in [2.05, 4.69) is 0 Å². The molecule has 0 atom stereocenters. The molecule has 0 N–H and O–H groups in total. The van der Waals surface area contributed by atoms with Crippen LogP contribution in [-0.2, 0) is 9.59 Å². The molecule has 8 heavy (non-hydrogen) atoms. The minimum absolute atomic E-state index is 0. The monoisotopic (exact) mass is 240 g/mol. The van der Waals surface area contributed by atoms with E-state index in [0.717, 1.165) is 12.6 Å². The van der Waals surface area contributed by atoms with E-state index >= 15 is 0 Å². The molecule has 0 spiro atoms. The van der Waals surface area contributed by atoms with Crippen molar-refractivity contribution in [3.8, 4) is 0 Å². The van der Waals surface area contributed by atoms with Gasteiger partial charge in [-0.05, 0) is 6.42 Å². The van der Waals surface area contributed by atoms with Gasteiger partial charge in [0.2, 0.25) is 0 Å². The number of rotatable bonds is 4. The largest absolute Gasteiger partial charge is 0.303 e. The molecule has 0 aromatic carbocycles. The number of carbonyl (C=O) groups excluding carboxylic acids is 2. The van der Waals surface area contributed by atoms with Gasteiger partial charge in [-0.25, -0.2) is 0 Å². The average Bonchev–Trinajstić information content (AvgIpc) is 1.69. The second-order valence-electron chi connectivity index (χ2n) is 1.26. The third kappa shape index (κ3) is 9.87. The summed E-state index contributed by atoms with van der Waals surface area (Å²) in [7, 11) is 0. The summed E-state index contributed by atoms with van der Waals surface area (Å²) < 4.78 is 0. The molecule has 0 fully saturated rings. The average molecular weight is 240 g/mol. The second-order valence-corrected chi connectivity index (χ2v) is 1.26. The van der Waals surface area contributed by atoms with Crippen molar-refractivity contribution in [2.45, 2.75) is 19.3 Å². The van der Waals surface area contributed by atoms with Crippen molar-refractivity contribution in [3.63, 3.8) is 0 Å². The molecule has 3 heteroatoms. The van der Waals surface area contributed by atoms with Crippen molar-refractivity contribution in [2.75, 3.05) is 0 Å². The fraction of sp³-hybridized carbons (Fsp3) is 0.600. The van der Waals surface area contributed by atoms with Gasteiger partial charge < -0.3 is 9.59 Å². The van der Waals surface area contributed by atoms with Gasteiger partial charge in [0.1, 0.15) is 12.6 Å². The molecular weight excluding hydrogens is 232 g/mol. The van der Waals surface area contributed by atoms with E-state index < -0.39 is 0 Å². The Hall–Kier alpha value is 0.717. The molecule has 0 rings (SSSR count). The zero-order valence-corrected chi connectivity index (χ0v) is 7.73. The van der Waals surface area contributed by atoms with Gasteiger partial charge in [0.15, 0.2) is 0 Å². The molecule has 0 unspecified atom stereocenters. The summed E-state index contributed by atoms with van der Waals surface area (Å²) >= 11 is 0. The Kier molecular flexibility index (Phi) is 15.3. The quantitative estimate of drug-likeness (QED) is 0.531. The minimum atomic E-state index is 0. The van der Waals surface area contributed by atoms with Crippen LogP contribution in [0.25, 0.3) is 0 Å². The molecule has 0 aliphatic carbocycles. The van der Waals surface area contributed by atoms with Gasteiger partial charge in [0, 0.05) is 54.6 Å². The second kappa shape index (κ2) is 10.7. The first-order valence-electron chi connectivity index (χ1n) is 2.29. The van der Waals surface area contributed by atoms with E-state index in [1.807, 2.05) is 0 Å². The van der Waals surface area contributed by atoms with Gasteiger partial charge in [-0.2, -0.15) is 0 Å². The Balaban J connectivity index is 0. The van der Waals surface area contributed by atoms with Crippen LogP contribution >= 0.6 is 0 Å². The normalized spacial score (nSPS) is 7.00. The van der Waals surface area contributed by atoms with Gasteiger partial charge in [-0.15, -0.1) is 0 Å². The van der Waals surface area contributed by atoms with Crippen LogP contribution in [0.3, 0.4) is 0 Å². The summed E-state index contributed by atoms with van der Waals surface area (Å²) in [5.41, 5.74) is 0. The van der Waals surface area contributed by atoms with E-state index in [4.69, 9.17) is 0 Å². The Morgan fingerprint density at radius 3 is 1.62 bits per heavy atom. The van der Waals surface area contributed by atoms with Crippen molar-refractivity contribution in [3.05, 3.63) is 0 Å². The van der Waals surface area contributed by atoms with Crippen molar-refractivity contribution >= 4 is 12.6 Å². The Bertz CT molecular complexity index is 55.4. The fourth-order valence-corrected chi connectivity index (χ4v) is 0.285. The van der Waals surface area contributed by atoms with E-state index in [1.54, 1.807) is 0 Å². The summed E-state index contributed by atoms with van der Waals surface area (Å²) in [5.74, 6) is 0. The van der Waals surface area contributed by atoms with Crippen molar-refractivity contribution in [2.24, 2.45) is 0 Å². The first-order valence-corrected chi connectivity index (χ1v) is 2.29. The molecule has 2 nitrogen and oxygen atoms in total. The number of hydrogen-bond donors (Lipinski definition) is 0. The van der Waals surface area contributed by atoms with Crippen LogP contribution in [0.2, 0.25) is 0 Å². The maximum absolute atomic E-state index is 9.56. The summed E-state index contributed by atoms with van der Waals surface area (Å²) in [6.45, 7) is 0. The number of carbonyl (C=O) groups is 2. The van der Waals surface area contributed by atoms with Crippen LogP contribution in [0.5, 0.6) is 0 Å². The molecule has 0 heterocycles. The SMILES string of the molecule is O=CCCCC=O.[Ce]. The number of aldehydes is 2. The van der Waals surface area contributed by atoms with Crippen LogP contribution in [0.1, 0.15) is 19.3 Å². The predicted octanol–water partition coefficient (Wildman–Crippen LogP) is 0.554. The zero-order valence-electron chi connectivity index (χ0n) is 4.59. The summed E-state index contributed by atoms with van der Waals surface area (Å²) in [5, 5.41) is 0. The van der Waals surface area contributed by atoms with Crippen LogP contribution in [0.15, 0.2) is 0 Å². The standard InChI is InChI=1S/C5H8O2.Ce/c6-4-2-1-3-5-7;/h4-5H,1-3H2;. The Morgan fingerprint density at radius 1 is 1.00 bits per heavy atom. The molecule has 0 saturated carbocycles. The van der Waals surface area contributed by atoms with Crippen molar-refractivity contribution < 1.29 is 51.3 Å². The van der Waals surface area contributed by atoms with E-state index in [-0.39, 0.29) is 41.7 Å². The Labute approximate surface area is 82.4 Å². The molecule has 0 aliphatic rings. The number of unbranched alkanes of at least 4 members (excludes halogenated alkanes) is 2. The van der Waals surface area contributed by atoms with Gasteiger partial charge >= 0.3 is 0 Å². The Morgan fingerprint density at radius 2 is 1.38 bits per heavy atom. The molecule has 0 bridgehead atoms. The van der Waals surface area contributed by atoms with Gasteiger partial charge in [-0.1, -0.05) is 0 Å². The molecule has 0 saturated heterocycles. The molecule has 0 aromatic rings. The van der Waals surface area contributed by atoms with Gasteiger partial charge in [0.25, 0.3) is 0 Å². The zero-order chi connectivity index (χ0) is 5.54. The minimum Gasteiger partial charge on any atom is -0.303 e. The number of hydrogen-bond acceptors (Lipinski definition) is 2. The van der Waals surface area contributed by atoms with Crippen LogP contribution in [-0.4, -0.2) is 12.6 Å². The van der Waals surface area contributed by atoms with Crippen LogP contribution in [0.4, 0.5) is 0 Å². The molecule has 0 amide bonds. The summed E-state index contributed by atoms with van der Waals surface area (Å²) in [6.07, 6.45) is 3.37. The van der Waals surface area contributed by atoms with E-state index in [1.165, 1.54) is 0 Å². The van der Waals surface area contributed by atoms with Crippen molar-refractivity contribution in [1.29, 1.82) is 0 Å². The third-order valence-corrected chi connectivity index (χ3v) is 0.644. The van der Waals surface area contributed by atoms with E-state index in [9.17, 15) is 9.59 Å². The van der Waals surface area contributed by atoms with Crippen LogP contribution < -0.4 is 0 Å². The molecule has 44 valence electrons. The topological polar surface area (TPSA) is 34.1 Å². The molecule has 0 radical (unpaired) electrons. The van der Waals surface area contributed by atoms with E-state index in [0.29, 0.717) is 19.3 Å². The summed E-state index contributed by atoms with van der Waals surface area (Å²) in [4.78, 5) is 19.1. The summed E-state index contributed by atoms with van der Waals surface area (Å²) in [6, 6.07) is 0. The third-order valence-electron chi connectivity index (χ3n) is 0.644. The molecule has 0 aliphatic heterocycles. The molecular formula is C5H8CeO2. The van der Waals surface area contributed by atoms with Crippen LogP contribution in [0, 0.1) is 41.7 Å². The first-order chi connectivity index (χ1) is 3.41. The maximum atomic E-state index is 9.56. The molecule has 0 aromatic heterocycles. The fourth-order valence-electron chi connectivity index (χ4n) is 0.285. The predicted molar refractivity (Wildman–Crippen MR) is 26.0 cm³/mol. The van der Waals surface area contributed by atoms with Crippen molar-refractivity contribution in [1.82, 2.24) is 0 Å². The smallest absolute Gasteiger partial charge is 0.120 e. The first kappa shape index (κ1) is 11.5. The van der Waals surface area contributed by atoms with Gasteiger partial charge in [-0.3, -0.25) is 0 Å². The maximum Gasteiger partial charge on any atom is 0.120 e. The van der Waals surface area contributed by atoms with Gasteiger partial charge in [0.05, 0.1) is 0 Å².